The Labute approximate surface area is 104 Å². The molecule has 0 bridgehead atoms. The van der Waals surface area contributed by atoms with Crippen LogP contribution in [0.25, 0.3) is 0 Å². The molecule has 96 valence electrons. The first-order valence-electron chi connectivity index (χ1n) is 6.66. The molecule has 0 amide bonds. The van der Waals surface area contributed by atoms with E-state index in [1.54, 1.807) is 0 Å². The molecule has 1 aliphatic rings. The summed E-state index contributed by atoms with van der Waals surface area (Å²) >= 11 is 0. The summed E-state index contributed by atoms with van der Waals surface area (Å²) in [6, 6.07) is 2.09. The third kappa shape index (κ3) is 4.17. The second-order valence-corrected chi connectivity index (χ2v) is 4.95. The molecule has 0 spiro atoms. The van der Waals surface area contributed by atoms with E-state index in [2.05, 4.69) is 25.2 Å². The van der Waals surface area contributed by atoms with Gasteiger partial charge in [0, 0.05) is 6.61 Å². The summed E-state index contributed by atoms with van der Waals surface area (Å²) in [6.07, 6.45) is 3.82. The quantitative estimate of drug-likeness (QED) is 0.706. The zero-order chi connectivity index (χ0) is 12.1. The van der Waals surface area contributed by atoms with Gasteiger partial charge in [0.1, 0.15) is 18.1 Å². The topological polar surface area (TPSA) is 34.4 Å². The SMILES string of the molecule is CCCNCc1oc(COCC2CC2)cc1C. The highest BCUT2D eigenvalue weighted by Crippen LogP contribution is 2.29. The van der Waals surface area contributed by atoms with Gasteiger partial charge >= 0.3 is 0 Å². The van der Waals surface area contributed by atoms with E-state index in [-0.39, 0.29) is 0 Å². The number of nitrogens with one attached hydrogen (secondary N) is 1. The van der Waals surface area contributed by atoms with Gasteiger partial charge in [-0.1, -0.05) is 6.92 Å². The highest BCUT2D eigenvalue weighted by molar-refractivity contribution is 5.19. The van der Waals surface area contributed by atoms with Crippen molar-refractivity contribution in [2.75, 3.05) is 13.2 Å². The van der Waals surface area contributed by atoms with Crippen LogP contribution in [0, 0.1) is 12.8 Å². The molecular weight excluding hydrogens is 214 g/mol. The molecule has 1 fully saturated rings. The van der Waals surface area contributed by atoms with E-state index in [0.717, 1.165) is 43.6 Å². The van der Waals surface area contributed by atoms with Crippen LogP contribution in [0.3, 0.4) is 0 Å². The predicted octanol–water partition coefficient (Wildman–Crippen LogP) is 3.01. The van der Waals surface area contributed by atoms with Gasteiger partial charge in [-0.25, -0.2) is 0 Å². The Morgan fingerprint density at radius 3 is 3.00 bits per heavy atom. The lowest BCUT2D eigenvalue weighted by Gasteiger charge is -2.01. The van der Waals surface area contributed by atoms with Crippen molar-refractivity contribution in [3.8, 4) is 0 Å². The van der Waals surface area contributed by atoms with Gasteiger partial charge in [-0.3, -0.25) is 0 Å². The summed E-state index contributed by atoms with van der Waals surface area (Å²) in [5.41, 5.74) is 1.22. The molecule has 1 aliphatic carbocycles. The van der Waals surface area contributed by atoms with Crippen LogP contribution in [-0.2, 0) is 17.9 Å². The van der Waals surface area contributed by atoms with Gasteiger partial charge in [-0.05, 0) is 50.3 Å². The van der Waals surface area contributed by atoms with Crippen LogP contribution in [0.15, 0.2) is 10.5 Å². The number of hydrogen-bond acceptors (Lipinski definition) is 3. The molecule has 0 aliphatic heterocycles. The summed E-state index contributed by atoms with van der Waals surface area (Å²) < 4.78 is 11.4. The smallest absolute Gasteiger partial charge is 0.130 e. The summed E-state index contributed by atoms with van der Waals surface area (Å²) in [4.78, 5) is 0. The molecule has 1 N–H and O–H groups in total. The van der Waals surface area contributed by atoms with Gasteiger partial charge in [0.05, 0.1) is 6.54 Å². The maximum Gasteiger partial charge on any atom is 0.130 e. The van der Waals surface area contributed by atoms with Crippen LogP contribution in [-0.4, -0.2) is 13.2 Å². The summed E-state index contributed by atoms with van der Waals surface area (Å²) in [5.74, 6) is 2.82. The van der Waals surface area contributed by atoms with Crippen LogP contribution in [0.4, 0.5) is 0 Å². The Kier molecular flexibility index (Phi) is 4.63. The van der Waals surface area contributed by atoms with Crippen molar-refractivity contribution in [1.82, 2.24) is 5.32 Å². The van der Waals surface area contributed by atoms with E-state index in [1.165, 1.54) is 18.4 Å². The molecule has 0 radical (unpaired) electrons. The maximum absolute atomic E-state index is 5.78. The lowest BCUT2D eigenvalue weighted by molar-refractivity contribution is 0.0963. The highest BCUT2D eigenvalue weighted by Gasteiger charge is 2.21. The Morgan fingerprint density at radius 2 is 2.29 bits per heavy atom. The summed E-state index contributed by atoms with van der Waals surface area (Å²) in [7, 11) is 0. The molecule has 0 aromatic carbocycles. The molecule has 3 heteroatoms. The number of ether oxygens (including phenoxy) is 1. The van der Waals surface area contributed by atoms with Crippen molar-refractivity contribution in [1.29, 1.82) is 0 Å². The Bertz CT molecular complexity index is 342. The van der Waals surface area contributed by atoms with Crippen LogP contribution in [0.2, 0.25) is 0 Å². The zero-order valence-electron chi connectivity index (χ0n) is 10.9. The molecule has 0 saturated heterocycles. The van der Waals surface area contributed by atoms with E-state index >= 15 is 0 Å². The van der Waals surface area contributed by atoms with Crippen LogP contribution >= 0.6 is 0 Å². The fraction of sp³-hybridized carbons (Fsp3) is 0.714. The van der Waals surface area contributed by atoms with Gasteiger partial charge in [0.25, 0.3) is 0 Å². The largest absolute Gasteiger partial charge is 0.462 e. The van der Waals surface area contributed by atoms with Crippen molar-refractivity contribution in [2.45, 2.75) is 46.3 Å². The highest BCUT2D eigenvalue weighted by atomic mass is 16.5. The molecule has 0 unspecified atom stereocenters. The van der Waals surface area contributed by atoms with Crippen molar-refractivity contribution in [2.24, 2.45) is 5.92 Å². The van der Waals surface area contributed by atoms with Crippen LogP contribution < -0.4 is 5.32 Å². The van der Waals surface area contributed by atoms with Crippen LogP contribution in [0.5, 0.6) is 0 Å². The first-order chi connectivity index (χ1) is 8.29. The number of aryl methyl sites for hydroxylation is 1. The number of hydrogen-bond donors (Lipinski definition) is 1. The predicted molar refractivity (Wildman–Crippen MR) is 67.8 cm³/mol. The lowest BCUT2D eigenvalue weighted by atomic mass is 10.2. The van der Waals surface area contributed by atoms with Crippen molar-refractivity contribution in [3.05, 3.63) is 23.2 Å². The van der Waals surface area contributed by atoms with Gasteiger partial charge in [-0.2, -0.15) is 0 Å². The minimum Gasteiger partial charge on any atom is -0.462 e. The molecule has 1 saturated carbocycles. The third-order valence-electron chi connectivity index (χ3n) is 3.08. The van der Waals surface area contributed by atoms with E-state index < -0.39 is 0 Å². The summed E-state index contributed by atoms with van der Waals surface area (Å²) in [6.45, 7) is 7.63. The number of rotatable bonds is 8. The average molecular weight is 237 g/mol. The standard InChI is InChI=1S/C14H23NO2/c1-3-6-15-8-14-11(2)7-13(17-14)10-16-9-12-4-5-12/h7,12,15H,3-6,8-10H2,1-2H3. The van der Waals surface area contributed by atoms with Crippen molar-refractivity contribution < 1.29 is 9.15 Å². The second kappa shape index (κ2) is 6.22. The lowest BCUT2D eigenvalue weighted by Crippen LogP contribution is -2.13. The van der Waals surface area contributed by atoms with Gasteiger partial charge in [-0.15, -0.1) is 0 Å². The first-order valence-corrected chi connectivity index (χ1v) is 6.66. The third-order valence-corrected chi connectivity index (χ3v) is 3.08. The van der Waals surface area contributed by atoms with Crippen LogP contribution in [0.1, 0.15) is 43.3 Å². The molecule has 1 aromatic heterocycles. The Morgan fingerprint density at radius 1 is 1.47 bits per heavy atom. The zero-order valence-corrected chi connectivity index (χ0v) is 10.9. The molecule has 0 atom stereocenters. The first kappa shape index (κ1) is 12.7. The maximum atomic E-state index is 5.78. The average Bonchev–Trinajstić information content (AvgIpc) is 3.05. The normalized spacial score (nSPS) is 15.4. The monoisotopic (exact) mass is 237 g/mol. The number of furan rings is 1. The fourth-order valence-corrected chi connectivity index (χ4v) is 1.83. The minimum absolute atomic E-state index is 0.616. The minimum atomic E-state index is 0.616. The van der Waals surface area contributed by atoms with E-state index in [9.17, 15) is 0 Å². The molecule has 1 aromatic rings. The van der Waals surface area contributed by atoms with E-state index in [4.69, 9.17) is 9.15 Å². The fourth-order valence-electron chi connectivity index (χ4n) is 1.83. The molecular formula is C14H23NO2. The molecule has 3 nitrogen and oxygen atoms in total. The van der Waals surface area contributed by atoms with Gasteiger partial charge in [0.15, 0.2) is 0 Å². The van der Waals surface area contributed by atoms with Gasteiger partial charge < -0.3 is 14.5 Å². The Hall–Kier alpha value is -0.800. The molecule has 1 heterocycles. The summed E-state index contributed by atoms with van der Waals surface area (Å²) in [5, 5.41) is 3.36. The van der Waals surface area contributed by atoms with E-state index in [1.807, 2.05) is 0 Å². The Balaban J connectivity index is 1.75. The van der Waals surface area contributed by atoms with Crippen molar-refractivity contribution in [3.63, 3.8) is 0 Å². The van der Waals surface area contributed by atoms with Crippen molar-refractivity contribution >= 4 is 0 Å². The molecule has 17 heavy (non-hydrogen) atoms. The second-order valence-electron chi connectivity index (χ2n) is 4.95. The van der Waals surface area contributed by atoms with Gasteiger partial charge in [0.2, 0.25) is 0 Å². The van der Waals surface area contributed by atoms with E-state index in [0.29, 0.717) is 6.61 Å². The molecule has 2 rings (SSSR count).